The number of carbonyl (C=O) groups is 1. The molecule has 0 unspecified atom stereocenters. The van der Waals surface area contributed by atoms with E-state index in [1.54, 1.807) is 0 Å². The number of H-pyrrole nitrogens is 1. The Labute approximate surface area is 152 Å². The summed E-state index contributed by atoms with van der Waals surface area (Å²) in [7, 11) is 0. The van der Waals surface area contributed by atoms with Gasteiger partial charge in [-0.15, -0.1) is 0 Å². The van der Waals surface area contributed by atoms with E-state index in [0.29, 0.717) is 17.2 Å². The molecule has 0 bridgehead atoms. The number of thioether (sulfide) groups is 1. The summed E-state index contributed by atoms with van der Waals surface area (Å²) in [5.74, 6) is 0.0734. The van der Waals surface area contributed by atoms with Crippen molar-refractivity contribution >= 4 is 17.7 Å². The van der Waals surface area contributed by atoms with Gasteiger partial charge in [-0.05, 0) is 25.7 Å². The van der Waals surface area contributed by atoms with Gasteiger partial charge in [-0.3, -0.25) is 9.59 Å². The molecule has 3 rings (SSSR count). The number of aromatic hydroxyl groups is 1. The maximum absolute atomic E-state index is 13.0. The van der Waals surface area contributed by atoms with Gasteiger partial charge in [-0.25, -0.2) is 0 Å². The van der Waals surface area contributed by atoms with E-state index in [-0.39, 0.29) is 17.5 Å². The zero-order valence-corrected chi connectivity index (χ0v) is 15.4. The van der Waals surface area contributed by atoms with E-state index in [1.165, 1.54) is 50.3 Å². The summed E-state index contributed by atoms with van der Waals surface area (Å²) in [4.78, 5) is 33.0. The monoisotopic (exact) mass is 365 g/mol. The van der Waals surface area contributed by atoms with E-state index in [9.17, 15) is 14.7 Å². The largest absolute Gasteiger partial charge is 0.493 e. The van der Waals surface area contributed by atoms with Gasteiger partial charge in [0.05, 0.1) is 11.8 Å². The second kappa shape index (κ2) is 8.74. The van der Waals surface area contributed by atoms with Crippen molar-refractivity contribution in [2.75, 3.05) is 5.75 Å². The molecule has 0 aromatic carbocycles. The van der Waals surface area contributed by atoms with Crippen LogP contribution in [0, 0.1) is 0 Å². The third-order valence-corrected chi connectivity index (χ3v) is 6.12. The number of amides is 1. The molecule has 25 heavy (non-hydrogen) atoms. The molecule has 0 spiro atoms. The Morgan fingerprint density at radius 3 is 2.20 bits per heavy atom. The van der Waals surface area contributed by atoms with Crippen molar-refractivity contribution in [3.8, 4) is 5.88 Å². The molecule has 1 amide bonds. The van der Waals surface area contributed by atoms with Gasteiger partial charge in [-0.2, -0.15) is 4.98 Å². The predicted octanol–water partition coefficient (Wildman–Crippen LogP) is 3.06. The first-order valence-electron chi connectivity index (χ1n) is 9.38. The van der Waals surface area contributed by atoms with Crippen LogP contribution in [0.3, 0.4) is 0 Å². The van der Waals surface area contributed by atoms with E-state index in [1.807, 2.05) is 0 Å². The van der Waals surface area contributed by atoms with Gasteiger partial charge in [0.25, 0.3) is 5.56 Å². The quantitative estimate of drug-likeness (QED) is 0.619. The third-order valence-electron chi connectivity index (χ3n) is 5.26. The predicted molar refractivity (Wildman–Crippen MR) is 97.8 cm³/mol. The number of hydrogen-bond acceptors (Lipinski definition) is 5. The van der Waals surface area contributed by atoms with Crippen molar-refractivity contribution < 1.29 is 9.90 Å². The van der Waals surface area contributed by atoms with Crippen LogP contribution in [0.25, 0.3) is 0 Å². The Balaban J connectivity index is 1.68. The minimum Gasteiger partial charge on any atom is -0.493 e. The summed E-state index contributed by atoms with van der Waals surface area (Å²) < 4.78 is 0. The molecule has 2 fully saturated rings. The summed E-state index contributed by atoms with van der Waals surface area (Å²) in [6.45, 7) is 0. The molecule has 1 heterocycles. The van der Waals surface area contributed by atoms with E-state index in [2.05, 4.69) is 14.9 Å². The van der Waals surface area contributed by atoms with Gasteiger partial charge < -0.3 is 15.0 Å². The lowest BCUT2D eigenvalue weighted by Crippen LogP contribution is -2.49. The smallest absolute Gasteiger partial charge is 0.255 e. The van der Waals surface area contributed by atoms with Crippen LogP contribution in [-0.4, -0.2) is 43.7 Å². The topological polar surface area (TPSA) is 86.3 Å². The molecule has 0 aliphatic heterocycles. The van der Waals surface area contributed by atoms with Crippen LogP contribution in [0.2, 0.25) is 0 Å². The number of aromatic nitrogens is 2. The van der Waals surface area contributed by atoms with Gasteiger partial charge in [0.2, 0.25) is 11.8 Å². The number of hydrogen-bond donors (Lipinski definition) is 2. The zero-order chi connectivity index (χ0) is 17.6. The molecular weight excluding hydrogens is 338 g/mol. The first-order valence-corrected chi connectivity index (χ1v) is 10.4. The molecule has 1 aromatic rings. The Morgan fingerprint density at radius 1 is 1.12 bits per heavy atom. The normalized spacial score (nSPS) is 19.7. The summed E-state index contributed by atoms with van der Waals surface area (Å²) in [6.07, 6.45) is 11.8. The van der Waals surface area contributed by atoms with Crippen LogP contribution in [-0.2, 0) is 4.79 Å². The molecule has 2 N–H and O–H groups in total. The highest BCUT2D eigenvalue weighted by Crippen LogP contribution is 2.31. The van der Waals surface area contributed by atoms with Crippen molar-refractivity contribution in [1.29, 1.82) is 0 Å². The summed E-state index contributed by atoms with van der Waals surface area (Å²) >= 11 is 1.20. The number of aromatic amines is 1. The van der Waals surface area contributed by atoms with Gasteiger partial charge >= 0.3 is 0 Å². The Kier molecular flexibility index (Phi) is 6.39. The third kappa shape index (κ3) is 5.00. The fourth-order valence-electron chi connectivity index (χ4n) is 4.12. The van der Waals surface area contributed by atoms with Crippen LogP contribution in [0.15, 0.2) is 16.0 Å². The zero-order valence-electron chi connectivity index (χ0n) is 14.6. The minimum absolute atomic E-state index is 0.134. The van der Waals surface area contributed by atoms with Gasteiger partial charge in [0.15, 0.2) is 5.16 Å². The molecule has 2 aliphatic carbocycles. The van der Waals surface area contributed by atoms with E-state index in [0.717, 1.165) is 31.7 Å². The number of nitrogens with zero attached hydrogens (tertiary/aromatic N) is 2. The molecule has 2 saturated carbocycles. The van der Waals surface area contributed by atoms with Crippen LogP contribution in [0.4, 0.5) is 0 Å². The van der Waals surface area contributed by atoms with Crippen molar-refractivity contribution in [3.05, 3.63) is 16.4 Å². The van der Waals surface area contributed by atoms with Gasteiger partial charge in [0, 0.05) is 12.1 Å². The lowest BCUT2D eigenvalue weighted by molar-refractivity contribution is -0.135. The Hall–Kier alpha value is -1.50. The SMILES string of the molecule is O=C(CSc1nc(O)cc(=O)[nH]1)N(C1CCCCC1)C1CCCCC1. The van der Waals surface area contributed by atoms with E-state index >= 15 is 0 Å². The summed E-state index contributed by atoms with van der Waals surface area (Å²) in [5, 5.41) is 9.73. The number of carbonyl (C=O) groups excluding carboxylic acids is 1. The molecule has 2 aliphatic rings. The lowest BCUT2D eigenvalue weighted by Gasteiger charge is -2.41. The maximum atomic E-state index is 13.0. The average Bonchev–Trinajstić information content (AvgIpc) is 2.61. The maximum Gasteiger partial charge on any atom is 0.255 e. The minimum atomic E-state index is -0.404. The second-order valence-corrected chi connectivity index (χ2v) is 8.05. The van der Waals surface area contributed by atoms with Crippen LogP contribution >= 0.6 is 11.8 Å². The highest BCUT2D eigenvalue weighted by atomic mass is 32.2. The van der Waals surface area contributed by atoms with Crippen LogP contribution in [0.1, 0.15) is 64.2 Å². The lowest BCUT2D eigenvalue weighted by atomic mass is 9.88. The standard InChI is InChI=1S/C18H27N3O3S/c22-15-11-16(23)20-18(19-15)25-12-17(24)21(13-7-3-1-4-8-13)14-9-5-2-6-10-14/h11,13-14H,1-10,12H2,(H2,19,20,22,23). The highest BCUT2D eigenvalue weighted by Gasteiger charge is 2.32. The molecule has 0 saturated heterocycles. The average molecular weight is 365 g/mol. The summed E-state index contributed by atoms with van der Waals surface area (Å²) in [5.41, 5.74) is -0.404. The number of rotatable bonds is 5. The molecule has 7 heteroatoms. The summed E-state index contributed by atoms with van der Waals surface area (Å²) in [6, 6.07) is 1.75. The van der Waals surface area contributed by atoms with E-state index in [4.69, 9.17) is 0 Å². The fraction of sp³-hybridized carbons (Fsp3) is 0.722. The highest BCUT2D eigenvalue weighted by molar-refractivity contribution is 7.99. The molecule has 138 valence electrons. The first-order chi connectivity index (χ1) is 12.1. The second-order valence-electron chi connectivity index (χ2n) is 7.08. The molecule has 6 nitrogen and oxygen atoms in total. The van der Waals surface area contributed by atoms with Crippen LogP contribution < -0.4 is 5.56 Å². The van der Waals surface area contributed by atoms with Gasteiger partial charge in [0.1, 0.15) is 0 Å². The van der Waals surface area contributed by atoms with Gasteiger partial charge in [-0.1, -0.05) is 50.3 Å². The van der Waals surface area contributed by atoms with Crippen molar-refractivity contribution in [3.63, 3.8) is 0 Å². The fourth-order valence-corrected chi connectivity index (χ4v) is 4.86. The molecule has 0 radical (unpaired) electrons. The Bertz CT molecular complexity index is 619. The molecular formula is C18H27N3O3S. The van der Waals surface area contributed by atoms with Crippen molar-refractivity contribution in [2.45, 2.75) is 81.4 Å². The molecule has 0 atom stereocenters. The Morgan fingerprint density at radius 2 is 1.68 bits per heavy atom. The first kappa shape index (κ1) is 18.3. The number of nitrogens with one attached hydrogen (secondary N) is 1. The van der Waals surface area contributed by atoms with Crippen molar-refractivity contribution in [2.24, 2.45) is 0 Å². The van der Waals surface area contributed by atoms with Crippen molar-refractivity contribution in [1.82, 2.24) is 14.9 Å². The molecule has 1 aromatic heterocycles. The van der Waals surface area contributed by atoms with E-state index < -0.39 is 5.56 Å². The van der Waals surface area contributed by atoms with Crippen LogP contribution in [0.5, 0.6) is 5.88 Å².